The van der Waals surface area contributed by atoms with Crippen LogP contribution in [0.4, 0.5) is 5.69 Å². The Bertz CT molecular complexity index is 738. The molecular formula is C14H14N6O. The second kappa shape index (κ2) is 5.20. The fraction of sp³-hybridized carbons (Fsp3) is 0.143. The van der Waals surface area contributed by atoms with Gasteiger partial charge in [0.05, 0.1) is 16.9 Å². The number of aromatic nitrogens is 1. The van der Waals surface area contributed by atoms with Crippen molar-refractivity contribution < 1.29 is 4.52 Å². The van der Waals surface area contributed by atoms with Gasteiger partial charge in [-0.25, -0.2) is 0 Å². The van der Waals surface area contributed by atoms with E-state index in [-0.39, 0.29) is 5.84 Å². The van der Waals surface area contributed by atoms with E-state index < -0.39 is 0 Å². The van der Waals surface area contributed by atoms with Crippen molar-refractivity contribution >= 4 is 22.9 Å². The van der Waals surface area contributed by atoms with E-state index in [2.05, 4.69) is 25.9 Å². The molecule has 1 aromatic heterocycles. The minimum absolute atomic E-state index is 0.258. The zero-order chi connectivity index (χ0) is 14.8. The highest BCUT2D eigenvalue weighted by Gasteiger charge is 2.27. The molecule has 0 atom stereocenters. The van der Waals surface area contributed by atoms with Crippen LogP contribution in [0.1, 0.15) is 17.0 Å². The predicted octanol–water partition coefficient (Wildman–Crippen LogP) is 1.83. The van der Waals surface area contributed by atoms with Crippen LogP contribution in [0.3, 0.4) is 0 Å². The Morgan fingerprint density at radius 1 is 1.14 bits per heavy atom. The Labute approximate surface area is 121 Å². The first-order valence-corrected chi connectivity index (χ1v) is 6.40. The van der Waals surface area contributed by atoms with Crippen molar-refractivity contribution in [1.82, 2.24) is 5.16 Å². The Balaban J connectivity index is 1.93. The molecule has 3 rings (SSSR count). The smallest absolute Gasteiger partial charge is 0.176 e. The molecule has 1 aromatic carbocycles. The zero-order valence-electron chi connectivity index (χ0n) is 11.7. The van der Waals surface area contributed by atoms with Gasteiger partial charge in [0.2, 0.25) is 0 Å². The van der Waals surface area contributed by atoms with Crippen LogP contribution in [0.5, 0.6) is 0 Å². The summed E-state index contributed by atoms with van der Waals surface area (Å²) in [7, 11) is 0. The zero-order valence-corrected chi connectivity index (χ0v) is 11.7. The van der Waals surface area contributed by atoms with E-state index in [9.17, 15) is 0 Å². The van der Waals surface area contributed by atoms with Crippen LogP contribution in [-0.4, -0.2) is 22.4 Å². The number of aryl methyl sites for hydroxylation is 2. The highest BCUT2D eigenvalue weighted by molar-refractivity contribution is 6.72. The van der Waals surface area contributed by atoms with Gasteiger partial charge in [-0.1, -0.05) is 23.4 Å². The molecule has 21 heavy (non-hydrogen) atoms. The first-order valence-electron chi connectivity index (χ1n) is 6.40. The highest BCUT2D eigenvalue weighted by Crippen LogP contribution is 2.17. The molecule has 1 aliphatic rings. The molecule has 2 aromatic rings. The van der Waals surface area contributed by atoms with Gasteiger partial charge in [0.1, 0.15) is 11.5 Å². The molecule has 1 aliphatic heterocycles. The maximum absolute atomic E-state index is 5.85. The molecule has 3 N–H and O–H groups in total. The standard InChI is InChI=1S/C14H14N6O/c1-8-11(9(2)21-20-8)12-13(14(15)19-17-12)18-16-10-6-4-3-5-7-10/h3-7,16H,1-2H3,(H2,15,18,19). The fourth-order valence-electron chi connectivity index (χ4n) is 2.05. The van der Waals surface area contributed by atoms with Gasteiger partial charge in [0, 0.05) is 0 Å². The molecule has 0 saturated heterocycles. The summed E-state index contributed by atoms with van der Waals surface area (Å²) in [5, 5.41) is 16.2. The van der Waals surface area contributed by atoms with E-state index in [0.29, 0.717) is 17.2 Å². The first kappa shape index (κ1) is 13.0. The summed E-state index contributed by atoms with van der Waals surface area (Å²) in [6.45, 7) is 3.65. The molecule has 0 amide bonds. The summed E-state index contributed by atoms with van der Waals surface area (Å²) in [5.74, 6) is 0.914. The number of nitrogens with zero attached hydrogens (tertiary/aromatic N) is 4. The average Bonchev–Trinajstić information content (AvgIpc) is 3.01. The van der Waals surface area contributed by atoms with Crippen molar-refractivity contribution in [1.29, 1.82) is 0 Å². The fourth-order valence-corrected chi connectivity index (χ4v) is 2.05. The summed E-state index contributed by atoms with van der Waals surface area (Å²) in [5.41, 5.74) is 12.2. The van der Waals surface area contributed by atoms with Gasteiger partial charge in [-0.15, -0.1) is 10.2 Å². The summed E-state index contributed by atoms with van der Waals surface area (Å²) in [4.78, 5) is 0. The highest BCUT2D eigenvalue weighted by atomic mass is 16.5. The van der Waals surface area contributed by atoms with Crippen molar-refractivity contribution in [2.75, 3.05) is 5.43 Å². The molecule has 0 bridgehead atoms. The third kappa shape index (κ3) is 2.40. The van der Waals surface area contributed by atoms with Crippen LogP contribution in [-0.2, 0) is 0 Å². The Kier molecular flexibility index (Phi) is 3.23. The number of hydrogen-bond acceptors (Lipinski definition) is 7. The van der Waals surface area contributed by atoms with Crippen molar-refractivity contribution in [3.8, 4) is 0 Å². The molecule has 2 heterocycles. The Morgan fingerprint density at radius 3 is 2.57 bits per heavy atom. The van der Waals surface area contributed by atoms with E-state index >= 15 is 0 Å². The van der Waals surface area contributed by atoms with Crippen molar-refractivity contribution in [3.63, 3.8) is 0 Å². The Morgan fingerprint density at radius 2 is 1.90 bits per heavy atom. The van der Waals surface area contributed by atoms with E-state index in [1.54, 1.807) is 0 Å². The number of rotatable bonds is 3. The number of hydrogen-bond donors (Lipinski definition) is 2. The molecule has 7 heteroatoms. The molecule has 106 valence electrons. The van der Waals surface area contributed by atoms with Gasteiger partial charge in [0.15, 0.2) is 11.5 Å². The molecule has 0 radical (unpaired) electrons. The molecule has 0 aliphatic carbocycles. The molecule has 7 nitrogen and oxygen atoms in total. The third-order valence-corrected chi connectivity index (χ3v) is 3.07. The first-order chi connectivity index (χ1) is 10.2. The summed E-state index contributed by atoms with van der Waals surface area (Å²) < 4.78 is 5.16. The van der Waals surface area contributed by atoms with Gasteiger partial charge >= 0.3 is 0 Å². The third-order valence-electron chi connectivity index (χ3n) is 3.07. The number of amidine groups is 1. The van der Waals surface area contributed by atoms with E-state index in [1.807, 2.05) is 44.2 Å². The van der Waals surface area contributed by atoms with Crippen LogP contribution in [0.2, 0.25) is 0 Å². The number of nitrogens with two attached hydrogens (primary N) is 1. The lowest BCUT2D eigenvalue weighted by Gasteiger charge is -2.04. The summed E-state index contributed by atoms with van der Waals surface area (Å²) in [6.07, 6.45) is 0. The maximum Gasteiger partial charge on any atom is 0.176 e. The normalized spacial score (nSPS) is 16.0. The predicted molar refractivity (Wildman–Crippen MR) is 81.6 cm³/mol. The quantitative estimate of drug-likeness (QED) is 0.838. The van der Waals surface area contributed by atoms with Gasteiger partial charge in [-0.3, -0.25) is 5.43 Å². The molecule has 0 unspecified atom stereocenters. The minimum Gasteiger partial charge on any atom is -0.380 e. The van der Waals surface area contributed by atoms with E-state index in [4.69, 9.17) is 10.3 Å². The largest absolute Gasteiger partial charge is 0.380 e. The van der Waals surface area contributed by atoms with Crippen molar-refractivity contribution in [2.45, 2.75) is 13.8 Å². The van der Waals surface area contributed by atoms with Gasteiger partial charge < -0.3 is 10.3 Å². The Hall–Kier alpha value is -2.96. The van der Waals surface area contributed by atoms with Crippen molar-refractivity contribution in [3.05, 3.63) is 47.3 Å². The molecule has 0 fully saturated rings. The summed E-state index contributed by atoms with van der Waals surface area (Å²) >= 11 is 0. The summed E-state index contributed by atoms with van der Waals surface area (Å²) in [6, 6.07) is 9.56. The van der Waals surface area contributed by atoms with Gasteiger partial charge in [-0.05, 0) is 26.0 Å². The van der Waals surface area contributed by atoms with Gasteiger partial charge in [0.25, 0.3) is 0 Å². The van der Waals surface area contributed by atoms with E-state index in [0.717, 1.165) is 16.9 Å². The monoisotopic (exact) mass is 282 g/mol. The lowest BCUT2D eigenvalue weighted by molar-refractivity contribution is 0.393. The van der Waals surface area contributed by atoms with E-state index in [1.165, 1.54) is 0 Å². The van der Waals surface area contributed by atoms with Gasteiger partial charge in [-0.2, -0.15) is 5.10 Å². The molecule has 0 saturated carbocycles. The SMILES string of the molecule is Cc1noc(C)c1C1=NN=C(N)/C1=N/Nc1ccccc1. The lowest BCUT2D eigenvalue weighted by Crippen LogP contribution is -2.29. The number of hydrazone groups is 1. The molecular weight excluding hydrogens is 268 g/mol. The van der Waals surface area contributed by atoms with Crippen LogP contribution in [0.15, 0.2) is 50.2 Å². The molecule has 0 spiro atoms. The minimum atomic E-state index is 0.258. The van der Waals surface area contributed by atoms with Crippen molar-refractivity contribution in [2.24, 2.45) is 21.0 Å². The number of benzene rings is 1. The number of anilines is 1. The van der Waals surface area contributed by atoms with Crippen LogP contribution >= 0.6 is 0 Å². The second-order valence-electron chi connectivity index (χ2n) is 4.57. The second-order valence-corrected chi connectivity index (χ2v) is 4.57. The topological polar surface area (TPSA) is 101 Å². The maximum atomic E-state index is 5.85. The lowest BCUT2D eigenvalue weighted by atomic mass is 10.0. The van der Waals surface area contributed by atoms with Crippen LogP contribution in [0.25, 0.3) is 0 Å². The number of nitrogens with one attached hydrogen (secondary N) is 1. The number of para-hydroxylation sites is 1. The van der Waals surface area contributed by atoms with Crippen LogP contribution in [0, 0.1) is 13.8 Å². The van der Waals surface area contributed by atoms with Crippen LogP contribution < -0.4 is 11.2 Å². The average molecular weight is 282 g/mol.